The van der Waals surface area contributed by atoms with Crippen LogP contribution in [0.4, 0.5) is 11.8 Å². The standard InChI is InChI=1S/C21H26N10O4.C4H4O4/c1-2-31-27-18(26-28-31)16-14(33)15(34)20(35-16)30-10-23-13-17(22)24-21(25-19(13)30)29(11-32)9-8-12-6-4-3-5-7-12;5-3(6)1-2-4(7)8/h3-7,10,14-16,20,32-34H,2,8-9,11H2,1H3,(H2,22,24,25);1-2H,(H,5,6)(H,7,8)/b;2-1-/t14-,15+,16-,20+;/m0./s1. The Bertz CT molecular complexity index is 1560. The summed E-state index contributed by atoms with van der Waals surface area (Å²) < 4.78 is 7.41. The van der Waals surface area contributed by atoms with Crippen molar-refractivity contribution in [1.29, 1.82) is 0 Å². The van der Waals surface area contributed by atoms with Gasteiger partial charge in [-0.1, -0.05) is 30.3 Å². The first-order chi connectivity index (χ1) is 20.6. The van der Waals surface area contributed by atoms with Gasteiger partial charge in [-0.05, 0) is 24.1 Å². The van der Waals surface area contributed by atoms with Crippen molar-refractivity contribution in [2.24, 2.45) is 0 Å². The Morgan fingerprint density at radius 2 is 1.79 bits per heavy atom. The number of aromatic nitrogens is 8. The third kappa shape index (κ3) is 7.25. The van der Waals surface area contributed by atoms with Gasteiger partial charge in [0.1, 0.15) is 24.5 Å². The number of fused-ring (bicyclic) bond motifs is 1. The SMILES string of the molecule is CCn1nnc([C@H]2O[C@@H](n3cnc4c(N)nc(N(CO)CCc5ccccc5)nc43)[C@H](O)[C@@H]2O)n1.O=C(O)/C=C\C(=O)O. The first-order valence-corrected chi connectivity index (χ1v) is 13.0. The average molecular weight is 599 g/mol. The van der Waals surface area contributed by atoms with Gasteiger partial charge in [0, 0.05) is 18.7 Å². The summed E-state index contributed by atoms with van der Waals surface area (Å²) in [5.41, 5.74) is 7.84. The Kier molecular flexibility index (Phi) is 9.88. The number of nitrogens with zero attached hydrogens (tertiary/aromatic N) is 9. The van der Waals surface area contributed by atoms with Crippen molar-refractivity contribution >= 4 is 34.9 Å². The van der Waals surface area contributed by atoms with Gasteiger partial charge >= 0.3 is 11.9 Å². The summed E-state index contributed by atoms with van der Waals surface area (Å²) >= 11 is 0. The summed E-state index contributed by atoms with van der Waals surface area (Å²) in [6.07, 6.45) is -1.47. The molecule has 1 aliphatic heterocycles. The highest BCUT2D eigenvalue weighted by molar-refractivity contribution is 5.89. The molecule has 0 spiro atoms. The second-order valence-electron chi connectivity index (χ2n) is 9.15. The van der Waals surface area contributed by atoms with Gasteiger partial charge in [-0.15, -0.1) is 10.2 Å². The summed E-state index contributed by atoms with van der Waals surface area (Å²) in [6.45, 7) is 2.47. The number of aliphatic hydroxyl groups excluding tert-OH is 3. The number of carboxylic acid groups (broad SMARTS) is 2. The molecule has 3 aromatic heterocycles. The van der Waals surface area contributed by atoms with Crippen molar-refractivity contribution < 1.29 is 39.9 Å². The van der Waals surface area contributed by atoms with Crippen LogP contribution >= 0.6 is 0 Å². The van der Waals surface area contributed by atoms with E-state index in [1.54, 1.807) is 4.90 Å². The normalized spacial score (nSPS) is 19.8. The lowest BCUT2D eigenvalue weighted by Gasteiger charge is -2.21. The maximum atomic E-state index is 10.8. The average Bonchev–Trinajstić information content (AvgIpc) is 3.71. The minimum absolute atomic E-state index is 0.110. The molecule has 0 amide bonds. The number of ether oxygens (including phenoxy) is 1. The molecule has 228 valence electrons. The van der Waals surface area contributed by atoms with E-state index < -0.39 is 36.5 Å². The first-order valence-electron chi connectivity index (χ1n) is 13.0. The minimum atomic E-state index is -1.32. The minimum Gasteiger partial charge on any atom is -0.478 e. The Balaban J connectivity index is 0.000000467. The molecule has 1 aromatic carbocycles. The Morgan fingerprint density at radius 1 is 1.09 bits per heavy atom. The zero-order chi connectivity index (χ0) is 31.1. The molecule has 4 atom stereocenters. The quantitative estimate of drug-likeness (QED) is 0.0955. The van der Waals surface area contributed by atoms with Crippen LogP contribution in [0, 0.1) is 0 Å². The van der Waals surface area contributed by atoms with Crippen molar-refractivity contribution in [2.45, 2.75) is 44.4 Å². The first kappa shape index (κ1) is 30.9. The Hall–Kier alpha value is -5.04. The van der Waals surface area contributed by atoms with Gasteiger partial charge in [0.25, 0.3) is 0 Å². The van der Waals surface area contributed by atoms with Crippen molar-refractivity contribution in [1.82, 2.24) is 39.7 Å². The second kappa shape index (κ2) is 13.7. The number of aliphatic carboxylic acids is 2. The van der Waals surface area contributed by atoms with E-state index in [0.717, 1.165) is 5.56 Å². The number of nitrogens with two attached hydrogens (primary N) is 1. The van der Waals surface area contributed by atoms with Crippen LogP contribution in [0.3, 0.4) is 0 Å². The number of hydrogen-bond acceptors (Lipinski definition) is 14. The van der Waals surface area contributed by atoms with E-state index >= 15 is 0 Å². The predicted octanol–water partition coefficient (Wildman–Crippen LogP) is -0.882. The van der Waals surface area contributed by atoms with Crippen LogP contribution in [0.15, 0.2) is 48.8 Å². The van der Waals surface area contributed by atoms with Crippen molar-refractivity contribution in [3.05, 3.63) is 60.2 Å². The molecule has 0 radical (unpaired) electrons. The van der Waals surface area contributed by atoms with Gasteiger partial charge in [-0.3, -0.25) is 4.57 Å². The number of aliphatic hydroxyl groups is 3. The zero-order valence-corrected chi connectivity index (χ0v) is 22.8. The fraction of sp³-hybridized carbons (Fsp3) is 0.360. The second-order valence-corrected chi connectivity index (χ2v) is 9.15. The van der Waals surface area contributed by atoms with Gasteiger partial charge in [0.15, 0.2) is 23.8 Å². The van der Waals surface area contributed by atoms with Crippen LogP contribution in [-0.2, 0) is 27.3 Å². The molecule has 0 bridgehead atoms. The van der Waals surface area contributed by atoms with Crippen LogP contribution < -0.4 is 10.6 Å². The lowest BCUT2D eigenvalue weighted by molar-refractivity contribution is -0.134. The predicted molar refractivity (Wildman–Crippen MR) is 147 cm³/mol. The van der Waals surface area contributed by atoms with E-state index in [-0.39, 0.29) is 30.0 Å². The molecular weight excluding hydrogens is 568 g/mol. The van der Waals surface area contributed by atoms with Crippen molar-refractivity contribution in [3.63, 3.8) is 0 Å². The van der Waals surface area contributed by atoms with Gasteiger partial charge < -0.3 is 40.9 Å². The number of nitrogen functional groups attached to an aromatic ring is 1. The number of imidazole rings is 1. The van der Waals surface area contributed by atoms with E-state index in [9.17, 15) is 24.9 Å². The molecule has 0 saturated carbocycles. The molecule has 0 aliphatic carbocycles. The van der Waals surface area contributed by atoms with E-state index in [1.165, 1.54) is 15.7 Å². The monoisotopic (exact) mass is 598 g/mol. The molecule has 0 unspecified atom stereocenters. The van der Waals surface area contributed by atoms with Gasteiger partial charge in [-0.2, -0.15) is 14.8 Å². The number of tetrazole rings is 1. The number of anilines is 2. The molecule has 4 aromatic rings. The molecule has 18 heteroatoms. The zero-order valence-electron chi connectivity index (χ0n) is 22.8. The van der Waals surface area contributed by atoms with Crippen LogP contribution in [-0.4, -0.2) is 103 Å². The topological polar surface area (TPSA) is 261 Å². The van der Waals surface area contributed by atoms with Crippen molar-refractivity contribution in [2.75, 3.05) is 23.9 Å². The summed E-state index contributed by atoms with van der Waals surface area (Å²) in [5.74, 6) is -2.04. The summed E-state index contributed by atoms with van der Waals surface area (Å²) in [6, 6.07) is 9.83. The van der Waals surface area contributed by atoms with Crippen LogP contribution in [0.1, 0.15) is 30.6 Å². The smallest absolute Gasteiger partial charge is 0.328 e. The van der Waals surface area contributed by atoms with Crippen LogP contribution in [0.2, 0.25) is 0 Å². The maximum Gasteiger partial charge on any atom is 0.328 e. The molecule has 1 fully saturated rings. The highest BCUT2D eigenvalue weighted by Crippen LogP contribution is 2.38. The lowest BCUT2D eigenvalue weighted by Crippen LogP contribution is -2.30. The van der Waals surface area contributed by atoms with Crippen LogP contribution in [0.25, 0.3) is 11.2 Å². The number of aryl methyl sites for hydroxylation is 1. The highest BCUT2D eigenvalue weighted by Gasteiger charge is 2.47. The molecule has 1 saturated heterocycles. The highest BCUT2D eigenvalue weighted by atomic mass is 16.6. The Labute approximate surface area is 243 Å². The lowest BCUT2D eigenvalue weighted by atomic mass is 10.1. The van der Waals surface area contributed by atoms with Gasteiger partial charge in [-0.25, -0.2) is 14.6 Å². The molecular formula is C25H30N10O8. The molecule has 7 N–H and O–H groups in total. The fourth-order valence-corrected chi connectivity index (χ4v) is 4.15. The maximum absolute atomic E-state index is 10.8. The van der Waals surface area contributed by atoms with E-state index in [2.05, 4.69) is 30.4 Å². The number of carboxylic acids is 2. The molecule has 4 heterocycles. The summed E-state index contributed by atoms with van der Waals surface area (Å²) in [5, 5.41) is 59.0. The number of carbonyl (C=O) groups is 2. The third-order valence-corrected chi connectivity index (χ3v) is 6.29. The molecule has 18 nitrogen and oxygen atoms in total. The molecule has 5 rings (SSSR count). The molecule has 1 aliphatic rings. The van der Waals surface area contributed by atoms with E-state index in [1.807, 2.05) is 37.3 Å². The van der Waals surface area contributed by atoms with E-state index in [0.29, 0.717) is 37.2 Å². The third-order valence-electron chi connectivity index (χ3n) is 6.29. The Morgan fingerprint density at radius 3 is 2.40 bits per heavy atom. The summed E-state index contributed by atoms with van der Waals surface area (Å²) in [4.78, 5) is 35.2. The van der Waals surface area contributed by atoms with Crippen LogP contribution in [0.5, 0.6) is 0 Å². The number of hydrogen-bond donors (Lipinski definition) is 6. The molecule has 43 heavy (non-hydrogen) atoms. The van der Waals surface area contributed by atoms with Gasteiger partial charge in [0.05, 0.1) is 12.9 Å². The number of rotatable bonds is 10. The van der Waals surface area contributed by atoms with E-state index in [4.69, 9.17) is 20.7 Å². The fourth-order valence-electron chi connectivity index (χ4n) is 4.15. The number of benzene rings is 1. The summed E-state index contributed by atoms with van der Waals surface area (Å²) in [7, 11) is 0. The largest absolute Gasteiger partial charge is 0.478 e. The van der Waals surface area contributed by atoms with Gasteiger partial charge in [0.2, 0.25) is 11.8 Å². The van der Waals surface area contributed by atoms with Crippen molar-refractivity contribution in [3.8, 4) is 0 Å².